The second kappa shape index (κ2) is 6.46. The summed E-state index contributed by atoms with van der Waals surface area (Å²) in [6.45, 7) is 0. The van der Waals surface area contributed by atoms with Gasteiger partial charge in [-0.05, 0) is 31.0 Å². The van der Waals surface area contributed by atoms with Crippen molar-refractivity contribution in [1.29, 1.82) is 0 Å². The lowest BCUT2D eigenvalue weighted by atomic mass is 9.89. The molecular weight excluding hydrogens is 362 g/mol. The van der Waals surface area contributed by atoms with Crippen LogP contribution in [0.4, 0.5) is 0 Å². The van der Waals surface area contributed by atoms with Crippen molar-refractivity contribution in [1.82, 2.24) is 24.1 Å². The van der Waals surface area contributed by atoms with Gasteiger partial charge in [0.05, 0.1) is 21.6 Å². The van der Waals surface area contributed by atoms with Gasteiger partial charge in [-0.3, -0.25) is 9.36 Å². The molecule has 136 valence electrons. The molecule has 0 bridgehead atoms. The van der Waals surface area contributed by atoms with Crippen molar-refractivity contribution in [3.05, 3.63) is 63.9 Å². The van der Waals surface area contributed by atoms with Gasteiger partial charge in [0.15, 0.2) is 5.82 Å². The van der Waals surface area contributed by atoms with E-state index in [0.717, 1.165) is 18.7 Å². The van der Waals surface area contributed by atoms with Crippen LogP contribution in [0.1, 0.15) is 43.8 Å². The minimum Gasteiger partial charge on any atom is -0.282 e. The third kappa shape index (κ3) is 2.72. The Hall–Kier alpha value is -2.73. The van der Waals surface area contributed by atoms with E-state index in [4.69, 9.17) is 16.7 Å². The number of fused-ring (bicyclic) bond motifs is 3. The Morgan fingerprint density at radius 2 is 1.89 bits per heavy atom. The monoisotopic (exact) mass is 379 g/mol. The fourth-order valence-corrected chi connectivity index (χ4v) is 4.13. The molecule has 0 aliphatic heterocycles. The van der Waals surface area contributed by atoms with Crippen LogP contribution in [0.3, 0.4) is 0 Å². The smallest absolute Gasteiger partial charge is 0.266 e. The zero-order chi connectivity index (χ0) is 18.4. The summed E-state index contributed by atoms with van der Waals surface area (Å²) in [4.78, 5) is 22.0. The molecule has 4 aromatic rings. The second-order valence-electron chi connectivity index (χ2n) is 7.02. The summed E-state index contributed by atoms with van der Waals surface area (Å²) in [5.74, 6) is 1.77. The Balaban J connectivity index is 1.68. The van der Waals surface area contributed by atoms with Gasteiger partial charge >= 0.3 is 0 Å². The molecule has 7 heteroatoms. The summed E-state index contributed by atoms with van der Waals surface area (Å²) in [6, 6.07) is 9.15. The number of rotatable bonds is 2. The highest BCUT2D eigenvalue weighted by molar-refractivity contribution is 6.32. The minimum atomic E-state index is -0.176. The highest BCUT2D eigenvalue weighted by Gasteiger charge is 2.21. The van der Waals surface area contributed by atoms with Crippen molar-refractivity contribution in [3.8, 4) is 5.69 Å². The first-order chi connectivity index (χ1) is 13.2. The highest BCUT2D eigenvalue weighted by atomic mass is 35.5. The molecule has 6 nitrogen and oxygen atoms in total. The third-order valence-electron chi connectivity index (χ3n) is 5.33. The van der Waals surface area contributed by atoms with Crippen LogP contribution in [-0.2, 0) is 0 Å². The molecule has 1 fully saturated rings. The van der Waals surface area contributed by atoms with Crippen molar-refractivity contribution < 1.29 is 0 Å². The molecule has 1 aliphatic carbocycles. The first kappa shape index (κ1) is 16.4. The van der Waals surface area contributed by atoms with Gasteiger partial charge in [-0.15, -0.1) is 5.10 Å². The van der Waals surface area contributed by atoms with Crippen molar-refractivity contribution in [3.63, 3.8) is 0 Å². The van der Waals surface area contributed by atoms with Gasteiger partial charge in [-0.25, -0.2) is 4.98 Å². The lowest BCUT2D eigenvalue weighted by Gasteiger charge is -2.17. The van der Waals surface area contributed by atoms with E-state index in [9.17, 15) is 4.79 Å². The van der Waals surface area contributed by atoms with Crippen LogP contribution in [0.15, 0.2) is 47.5 Å². The van der Waals surface area contributed by atoms with Gasteiger partial charge < -0.3 is 0 Å². The van der Waals surface area contributed by atoms with Crippen molar-refractivity contribution in [2.24, 2.45) is 0 Å². The maximum Gasteiger partial charge on any atom is 0.266 e. The van der Waals surface area contributed by atoms with Gasteiger partial charge in [0.2, 0.25) is 0 Å². The first-order valence-corrected chi connectivity index (χ1v) is 9.62. The second-order valence-corrected chi connectivity index (χ2v) is 7.42. The van der Waals surface area contributed by atoms with E-state index < -0.39 is 0 Å². The van der Waals surface area contributed by atoms with Gasteiger partial charge in [0, 0.05) is 18.3 Å². The Morgan fingerprint density at radius 3 is 2.70 bits per heavy atom. The Labute approximate surface area is 160 Å². The van der Waals surface area contributed by atoms with Crippen molar-refractivity contribution in [2.45, 2.75) is 38.0 Å². The maximum absolute atomic E-state index is 13.0. The van der Waals surface area contributed by atoms with Crippen LogP contribution in [0, 0.1) is 0 Å². The molecule has 1 saturated carbocycles. The highest BCUT2D eigenvalue weighted by Crippen LogP contribution is 2.31. The van der Waals surface area contributed by atoms with E-state index in [2.05, 4.69) is 9.97 Å². The molecular formula is C20H18ClN5O. The fourth-order valence-electron chi connectivity index (χ4n) is 3.91. The Kier molecular flexibility index (Phi) is 3.93. The van der Waals surface area contributed by atoms with Gasteiger partial charge in [-0.1, -0.05) is 43.0 Å². The molecule has 0 spiro atoms. The number of benzene rings is 1. The average Bonchev–Trinajstić information content (AvgIpc) is 3.14. The van der Waals surface area contributed by atoms with Crippen LogP contribution in [-0.4, -0.2) is 24.1 Å². The molecule has 3 aromatic heterocycles. The largest absolute Gasteiger partial charge is 0.282 e. The molecule has 5 rings (SSSR count). The number of para-hydroxylation sites is 1. The molecule has 27 heavy (non-hydrogen) atoms. The lowest BCUT2D eigenvalue weighted by Crippen LogP contribution is -2.19. The molecule has 0 saturated heterocycles. The van der Waals surface area contributed by atoms with Crippen LogP contribution in [0.25, 0.3) is 22.4 Å². The third-order valence-corrected chi connectivity index (χ3v) is 5.65. The number of hydrogen-bond acceptors (Lipinski definition) is 4. The van der Waals surface area contributed by atoms with E-state index in [1.165, 1.54) is 23.8 Å². The van der Waals surface area contributed by atoms with Crippen LogP contribution >= 0.6 is 11.6 Å². The van der Waals surface area contributed by atoms with Crippen molar-refractivity contribution >= 4 is 28.3 Å². The lowest BCUT2D eigenvalue weighted by molar-refractivity contribution is 0.429. The summed E-state index contributed by atoms with van der Waals surface area (Å²) in [7, 11) is 0. The van der Waals surface area contributed by atoms with E-state index in [1.807, 2.05) is 24.3 Å². The molecule has 3 heterocycles. The predicted octanol–water partition coefficient (Wildman–Crippen LogP) is 4.13. The number of hydrogen-bond donors (Lipinski definition) is 0. The fraction of sp³-hybridized carbons (Fsp3) is 0.300. The molecule has 1 aliphatic rings. The zero-order valence-corrected chi connectivity index (χ0v) is 15.4. The summed E-state index contributed by atoms with van der Waals surface area (Å²) in [5.41, 5.74) is 1.18. The maximum atomic E-state index is 13.0. The summed E-state index contributed by atoms with van der Waals surface area (Å²) < 4.78 is 3.23. The van der Waals surface area contributed by atoms with Gasteiger partial charge in [-0.2, -0.15) is 9.50 Å². The average molecular weight is 380 g/mol. The molecule has 0 amide bonds. The topological polar surface area (TPSA) is 65.1 Å². The Bertz CT molecular complexity index is 1210. The Morgan fingerprint density at radius 1 is 1.07 bits per heavy atom. The van der Waals surface area contributed by atoms with E-state index in [-0.39, 0.29) is 5.56 Å². The normalized spacial score (nSPS) is 15.6. The summed E-state index contributed by atoms with van der Waals surface area (Å²) in [6.07, 6.45) is 9.27. The van der Waals surface area contributed by atoms with E-state index in [0.29, 0.717) is 33.3 Å². The SMILES string of the molecule is O=c1c2cnc3nc(C4CCCCC4)nn3c2ccn1-c1ccccc1Cl. The van der Waals surface area contributed by atoms with Gasteiger partial charge in [0.25, 0.3) is 11.3 Å². The molecule has 0 unspecified atom stereocenters. The number of pyridine rings is 1. The number of nitrogens with zero attached hydrogens (tertiary/aromatic N) is 5. The minimum absolute atomic E-state index is 0.176. The van der Waals surface area contributed by atoms with Crippen LogP contribution < -0.4 is 5.56 Å². The molecule has 0 N–H and O–H groups in total. The number of halogens is 1. The van der Waals surface area contributed by atoms with Gasteiger partial charge in [0.1, 0.15) is 0 Å². The molecule has 0 atom stereocenters. The predicted molar refractivity (Wildman–Crippen MR) is 105 cm³/mol. The van der Waals surface area contributed by atoms with E-state index in [1.54, 1.807) is 23.0 Å². The van der Waals surface area contributed by atoms with Crippen molar-refractivity contribution in [2.75, 3.05) is 0 Å². The molecule has 1 aromatic carbocycles. The van der Waals surface area contributed by atoms with Crippen LogP contribution in [0.5, 0.6) is 0 Å². The summed E-state index contributed by atoms with van der Waals surface area (Å²) >= 11 is 6.26. The summed E-state index contributed by atoms with van der Waals surface area (Å²) in [5, 5.41) is 5.71. The quantitative estimate of drug-likeness (QED) is 0.525. The number of aromatic nitrogens is 5. The molecule has 0 radical (unpaired) electrons. The van der Waals surface area contributed by atoms with E-state index >= 15 is 0 Å². The zero-order valence-electron chi connectivity index (χ0n) is 14.7. The standard InChI is InChI=1S/C20H18ClN5O/c21-15-8-4-5-9-17(15)25-11-10-16-14(19(25)27)12-22-20-23-18(24-26(16)20)13-6-2-1-3-7-13/h4-5,8-13H,1-3,6-7H2. The van der Waals surface area contributed by atoms with Crippen LogP contribution in [0.2, 0.25) is 5.02 Å². The first-order valence-electron chi connectivity index (χ1n) is 9.24.